The van der Waals surface area contributed by atoms with Crippen molar-refractivity contribution in [3.05, 3.63) is 85.5 Å². The van der Waals surface area contributed by atoms with Crippen LogP contribution >= 0.6 is 95.6 Å². The van der Waals surface area contributed by atoms with Crippen LogP contribution in [-0.4, -0.2) is 11.4 Å². The number of fused-ring (bicyclic) bond motifs is 2. The molecule has 4 aromatic carbocycles. The second-order valence-electron chi connectivity index (χ2n) is 13.6. The molecule has 53 heavy (non-hydrogen) atoms. The van der Waals surface area contributed by atoms with Crippen molar-refractivity contribution >= 4 is 118 Å². The Morgan fingerprint density at radius 3 is 0.962 bits per heavy atom. The van der Waals surface area contributed by atoms with Gasteiger partial charge < -0.3 is 19.7 Å². The summed E-state index contributed by atoms with van der Waals surface area (Å²) in [5, 5.41) is 23.8. The molecule has 0 radical (unpaired) electrons. The average Bonchev–Trinajstić information content (AvgIpc) is 3.10. The van der Waals surface area contributed by atoms with Crippen molar-refractivity contribution in [2.75, 3.05) is 0 Å². The molecule has 6 nitrogen and oxygen atoms in total. The van der Waals surface area contributed by atoms with Gasteiger partial charge in [0.05, 0.1) is 49.6 Å². The molecule has 0 bridgehead atoms. The number of nitrogens with zero attached hydrogens (tertiary/aromatic N) is 2. The van der Waals surface area contributed by atoms with E-state index in [4.69, 9.17) is 19.5 Å². The van der Waals surface area contributed by atoms with Crippen LogP contribution < -0.4 is 19.7 Å². The Morgan fingerprint density at radius 2 is 0.717 bits per heavy atom. The van der Waals surface area contributed by atoms with Gasteiger partial charge in [0.2, 0.25) is 0 Å². The quantitative estimate of drug-likeness (QED) is 0.0703. The van der Waals surface area contributed by atoms with E-state index >= 15 is 0 Å². The van der Waals surface area contributed by atoms with Crippen molar-refractivity contribution in [1.82, 2.24) is 0 Å². The van der Waals surface area contributed by atoms with Crippen LogP contribution in [0.2, 0.25) is 0 Å². The van der Waals surface area contributed by atoms with Gasteiger partial charge in [-0.1, -0.05) is 103 Å². The molecule has 13 heteroatoms. The standard InChI is InChI=1S/C28H40N2.C12H2Br6O4.Ni/c1-17(2)23-13-11-14-24(18(3)4)27(23)29-21(9)22(10)30-28-25(19(5)6)15-12-16-26(28)20(7)8;13-1-2(14)4(16)10-9(3(1)15)21-11-5(17)7(19)8(20)6(18)12(11)22-10;/h11-20H,1-10H3;19-20H;/q;;+2/p-2. The maximum Gasteiger partial charge on any atom is 2.00 e. The molecule has 1 heterocycles. The van der Waals surface area contributed by atoms with E-state index < -0.39 is 11.5 Å². The van der Waals surface area contributed by atoms with Gasteiger partial charge >= 0.3 is 16.5 Å². The summed E-state index contributed by atoms with van der Waals surface area (Å²) in [4.78, 5) is 10.3. The Morgan fingerprint density at radius 1 is 0.472 bits per heavy atom. The molecule has 0 unspecified atom stereocenters. The second-order valence-corrected chi connectivity index (χ2v) is 18.4. The minimum absolute atomic E-state index is 0. The first-order chi connectivity index (χ1) is 24.3. The minimum Gasteiger partial charge on any atom is -0.872 e. The summed E-state index contributed by atoms with van der Waals surface area (Å²) in [6.07, 6.45) is 0. The van der Waals surface area contributed by atoms with Gasteiger partial charge in [-0.2, -0.15) is 0 Å². The minimum atomic E-state index is -0.705. The van der Waals surface area contributed by atoms with Gasteiger partial charge in [0.25, 0.3) is 0 Å². The zero-order chi connectivity index (χ0) is 38.9. The molecule has 0 fully saturated rings. The fourth-order valence-electron chi connectivity index (χ4n) is 5.54. The number of para-hydroxylation sites is 2. The van der Waals surface area contributed by atoms with Gasteiger partial charge in [0.1, 0.15) is 0 Å². The molecule has 286 valence electrons. The third-order valence-corrected chi connectivity index (χ3v) is 14.7. The van der Waals surface area contributed by atoms with E-state index in [0.29, 0.717) is 53.1 Å². The number of halogens is 6. The molecule has 0 spiro atoms. The summed E-state index contributed by atoms with van der Waals surface area (Å²) in [5.74, 6) is 1.36. The van der Waals surface area contributed by atoms with Crippen molar-refractivity contribution in [3.8, 4) is 34.5 Å². The molecule has 1 aliphatic heterocycles. The SMILES string of the molecule is CC(=Nc1c(C(C)C)cccc1C(C)C)C(C)=Nc1c(C(C)C)cccc1C(C)C.[Ni+2].[O-]c1c([O-])c(Br)c2c(c1Br)Oc1c(Br)c(Br)c(Br)c(Br)c1O2. The van der Waals surface area contributed by atoms with Crippen LogP contribution in [0.3, 0.4) is 0 Å². The van der Waals surface area contributed by atoms with Crippen molar-refractivity contribution in [1.29, 1.82) is 0 Å². The van der Waals surface area contributed by atoms with Crippen LogP contribution in [-0.2, 0) is 16.5 Å². The van der Waals surface area contributed by atoms with Crippen LogP contribution in [0, 0.1) is 0 Å². The van der Waals surface area contributed by atoms with E-state index in [1.54, 1.807) is 0 Å². The summed E-state index contributed by atoms with van der Waals surface area (Å²) < 4.78 is 14.3. The van der Waals surface area contributed by atoms with Crippen LogP contribution in [0.5, 0.6) is 34.5 Å². The summed E-state index contributed by atoms with van der Waals surface area (Å²) in [5.41, 5.74) is 9.43. The van der Waals surface area contributed by atoms with Crippen molar-refractivity contribution < 1.29 is 36.2 Å². The Labute approximate surface area is 373 Å². The monoisotopic (exact) mass is 1140 g/mol. The molecule has 4 aromatic rings. The number of ether oxygens (including phenoxy) is 2. The molecule has 1 aliphatic rings. The molecule has 0 aliphatic carbocycles. The zero-order valence-electron chi connectivity index (χ0n) is 30.9. The predicted octanol–water partition coefficient (Wildman–Crippen LogP) is 15.4. The molecule has 0 aromatic heterocycles. The first kappa shape index (κ1) is 46.2. The predicted molar refractivity (Wildman–Crippen MR) is 233 cm³/mol. The molecule has 0 atom stereocenters. The van der Waals surface area contributed by atoms with E-state index in [9.17, 15) is 10.2 Å². The average molecular weight is 1150 g/mol. The van der Waals surface area contributed by atoms with Crippen molar-refractivity contribution in [2.45, 2.75) is 92.9 Å². The molecule has 0 amide bonds. The summed E-state index contributed by atoms with van der Waals surface area (Å²) >= 11 is 19.8. The van der Waals surface area contributed by atoms with Crippen molar-refractivity contribution in [3.63, 3.8) is 0 Å². The number of rotatable bonds is 7. The van der Waals surface area contributed by atoms with Gasteiger partial charge in [-0.3, -0.25) is 9.98 Å². The number of aliphatic imine (C=N–C) groups is 2. The number of benzene rings is 4. The summed E-state index contributed by atoms with van der Waals surface area (Å²) in [6.45, 7) is 22.1. The normalized spacial score (nSPS) is 12.6. The van der Waals surface area contributed by atoms with Crippen molar-refractivity contribution in [2.24, 2.45) is 9.98 Å². The molecular weight excluding hydrogens is 1110 g/mol. The zero-order valence-corrected chi connectivity index (χ0v) is 41.4. The second kappa shape index (κ2) is 19.3. The third kappa shape index (κ3) is 9.85. The molecule has 0 saturated carbocycles. The van der Waals surface area contributed by atoms with Crippen LogP contribution in [0.4, 0.5) is 11.4 Å². The van der Waals surface area contributed by atoms with E-state index in [1.807, 2.05) is 0 Å². The number of hydrogen-bond acceptors (Lipinski definition) is 6. The van der Waals surface area contributed by atoms with E-state index in [-0.39, 0.29) is 36.9 Å². The van der Waals surface area contributed by atoms with Gasteiger partial charge in [-0.15, -0.1) is 0 Å². The van der Waals surface area contributed by atoms with Gasteiger partial charge in [0, 0.05) is 0 Å². The number of hydrogen-bond donors (Lipinski definition) is 0. The Hall–Kier alpha value is -1.21. The van der Waals surface area contributed by atoms with E-state index in [1.165, 1.54) is 22.3 Å². The Kier molecular flexibility index (Phi) is 16.8. The maximum absolute atomic E-state index is 11.9. The maximum atomic E-state index is 11.9. The van der Waals surface area contributed by atoms with Gasteiger partial charge in [-0.25, -0.2) is 0 Å². The third-order valence-electron chi connectivity index (χ3n) is 8.57. The molecular formula is C40H40Br6N2NiO4. The van der Waals surface area contributed by atoms with Crippen LogP contribution in [0.1, 0.15) is 115 Å². The van der Waals surface area contributed by atoms with Crippen LogP contribution in [0.25, 0.3) is 0 Å². The van der Waals surface area contributed by atoms with E-state index in [2.05, 4.69) is 201 Å². The molecule has 0 saturated heterocycles. The van der Waals surface area contributed by atoms with Crippen LogP contribution in [0.15, 0.2) is 73.2 Å². The van der Waals surface area contributed by atoms with Gasteiger partial charge in [-0.05, 0) is 155 Å². The summed E-state index contributed by atoms with van der Waals surface area (Å²) in [6, 6.07) is 13.2. The summed E-state index contributed by atoms with van der Waals surface area (Å²) in [7, 11) is 0. The first-order valence-electron chi connectivity index (χ1n) is 16.8. The fourth-order valence-corrected chi connectivity index (χ4v) is 8.63. The Bertz CT molecular complexity index is 1810. The fraction of sp³-hybridized carbons (Fsp3) is 0.350. The topological polar surface area (TPSA) is 89.3 Å². The molecule has 5 rings (SSSR count). The van der Waals surface area contributed by atoms with E-state index in [0.717, 1.165) is 22.8 Å². The first-order valence-corrected chi connectivity index (χ1v) is 21.5. The Balaban J connectivity index is 0.000000292. The smallest absolute Gasteiger partial charge is 0.872 e. The van der Waals surface area contributed by atoms with Gasteiger partial charge in [0.15, 0.2) is 23.0 Å². The molecule has 0 N–H and O–H groups in total. The largest absolute Gasteiger partial charge is 2.00 e.